The third kappa shape index (κ3) is 2.20. The Bertz CT molecular complexity index is 732. The quantitative estimate of drug-likeness (QED) is 0.926. The first-order valence-electron chi connectivity index (χ1n) is 7.46. The SMILES string of the molecule is Cn1cc(C(=O)Nc2ccc3c(c2)OC2(CCCC2)O3)cn1. The Morgan fingerprint density at radius 2 is 2.05 bits per heavy atom. The molecule has 1 aliphatic carbocycles. The molecule has 2 aromatic rings. The molecule has 4 rings (SSSR count). The molecule has 0 radical (unpaired) electrons. The van der Waals surface area contributed by atoms with Crippen LogP contribution in [0.5, 0.6) is 11.5 Å². The minimum absolute atomic E-state index is 0.192. The number of hydrogen-bond acceptors (Lipinski definition) is 4. The molecule has 1 spiro atoms. The number of anilines is 1. The summed E-state index contributed by atoms with van der Waals surface area (Å²) in [4.78, 5) is 12.1. The fraction of sp³-hybridized carbons (Fsp3) is 0.375. The highest BCUT2D eigenvalue weighted by Crippen LogP contribution is 2.47. The number of nitrogens with zero attached hydrogens (tertiary/aromatic N) is 2. The first-order valence-corrected chi connectivity index (χ1v) is 7.46. The van der Waals surface area contributed by atoms with E-state index in [1.165, 1.54) is 6.20 Å². The summed E-state index contributed by atoms with van der Waals surface area (Å²) in [5.74, 6) is 0.781. The number of benzene rings is 1. The Kier molecular flexibility index (Phi) is 2.85. The Morgan fingerprint density at radius 3 is 2.77 bits per heavy atom. The third-order valence-electron chi connectivity index (χ3n) is 4.13. The number of carbonyl (C=O) groups excluding carboxylic acids is 1. The van der Waals surface area contributed by atoms with Crippen LogP contribution in [0.4, 0.5) is 5.69 Å². The molecule has 2 aliphatic rings. The van der Waals surface area contributed by atoms with Crippen LogP contribution >= 0.6 is 0 Å². The Balaban J connectivity index is 1.52. The van der Waals surface area contributed by atoms with Crippen molar-refractivity contribution in [2.24, 2.45) is 7.05 Å². The van der Waals surface area contributed by atoms with E-state index >= 15 is 0 Å². The summed E-state index contributed by atoms with van der Waals surface area (Å²) in [6.07, 6.45) is 7.29. The first-order chi connectivity index (χ1) is 10.6. The molecule has 0 bridgehead atoms. The molecular formula is C16H17N3O3. The summed E-state index contributed by atoms with van der Waals surface area (Å²) in [5.41, 5.74) is 1.21. The maximum atomic E-state index is 12.1. The number of amides is 1. The fourth-order valence-electron chi connectivity index (χ4n) is 3.03. The predicted molar refractivity (Wildman–Crippen MR) is 80.1 cm³/mol. The molecule has 0 atom stereocenters. The molecule has 114 valence electrons. The van der Waals surface area contributed by atoms with Gasteiger partial charge in [0.1, 0.15) is 0 Å². The zero-order valence-electron chi connectivity index (χ0n) is 12.3. The number of aromatic nitrogens is 2. The van der Waals surface area contributed by atoms with Gasteiger partial charge in [-0.15, -0.1) is 0 Å². The van der Waals surface area contributed by atoms with Crippen molar-refractivity contribution in [3.63, 3.8) is 0 Å². The van der Waals surface area contributed by atoms with Crippen LogP contribution in [0.2, 0.25) is 0 Å². The van der Waals surface area contributed by atoms with Crippen molar-refractivity contribution in [3.05, 3.63) is 36.2 Å². The Hall–Kier alpha value is -2.50. The van der Waals surface area contributed by atoms with Crippen LogP contribution in [0, 0.1) is 0 Å². The molecule has 6 nitrogen and oxygen atoms in total. The van der Waals surface area contributed by atoms with Gasteiger partial charge in [-0.05, 0) is 25.0 Å². The largest absolute Gasteiger partial charge is 0.448 e. The van der Waals surface area contributed by atoms with E-state index in [0.29, 0.717) is 17.0 Å². The van der Waals surface area contributed by atoms with Crippen LogP contribution in [-0.4, -0.2) is 21.5 Å². The van der Waals surface area contributed by atoms with Gasteiger partial charge in [-0.2, -0.15) is 5.10 Å². The molecule has 0 saturated heterocycles. The predicted octanol–water partition coefficient (Wildman–Crippen LogP) is 2.71. The van der Waals surface area contributed by atoms with Gasteiger partial charge in [-0.1, -0.05) is 0 Å². The normalized spacial score (nSPS) is 17.9. The monoisotopic (exact) mass is 299 g/mol. The van der Waals surface area contributed by atoms with Crippen LogP contribution in [0.15, 0.2) is 30.6 Å². The van der Waals surface area contributed by atoms with Crippen LogP contribution in [0.1, 0.15) is 36.0 Å². The highest BCUT2D eigenvalue weighted by atomic mass is 16.7. The zero-order valence-corrected chi connectivity index (χ0v) is 12.3. The van der Waals surface area contributed by atoms with Gasteiger partial charge in [0.2, 0.25) is 0 Å². The second-order valence-electron chi connectivity index (χ2n) is 5.84. The van der Waals surface area contributed by atoms with E-state index in [-0.39, 0.29) is 5.91 Å². The van der Waals surface area contributed by atoms with E-state index in [0.717, 1.165) is 31.4 Å². The number of hydrogen-bond donors (Lipinski definition) is 1. The van der Waals surface area contributed by atoms with Crippen molar-refractivity contribution < 1.29 is 14.3 Å². The van der Waals surface area contributed by atoms with Crippen LogP contribution in [0.25, 0.3) is 0 Å². The van der Waals surface area contributed by atoms with Crippen molar-refractivity contribution in [1.29, 1.82) is 0 Å². The van der Waals surface area contributed by atoms with Crippen LogP contribution in [-0.2, 0) is 7.05 Å². The van der Waals surface area contributed by atoms with Gasteiger partial charge in [-0.25, -0.2) is 0 Å². The minimum atomic E-state index is -0.478. The van der Waals surface area contributed by atoms with Crippen molar-refractivity contribution in [2.45, 2.75) is 31.5 Å². The zero-order chi connectivity index (χ0) is 15.2. The maximum Gasteiger partial charge on any atom is 0.258 e. The van der Waals surface area contributed by atoms with E-state index in [1.807, 2.05) is 18.2 Å². The standard InChI is InChI=1S/C16H17N3O3/c1-19-10-11(9-17-19)15(20)18-12-4-5-13-14(8-12)22-16(21-13)6-2-3-7-16/h4-5,8-10H,2-3,6-7H2,1H3,(H,18,20). The van der Waals surface area contributed by atoms with E-state index in [4.69, 9.17) is 9.47 Å². The summed E-state index contributed by atoms with van der Waals surface area (Å²) in [7, 11) is 1.78. The average Bonchev–Trinajstić information content (AvgIpc) is 3.19. The summed E-state index contributed by atoms with van der Waals surface area (Å²) in [6, 6.07) is 5.49. The second kappa shape index (κ2) is 4.76. The summed E-state index contributed by atoms with van der Waals surface area (Å²) in [6.45, 7) is 0. The lowest BCUT2D eigenvalue weighted by Gasteiger charge is -2.21. The van der Waals surface area contributed by atoms with Gasteiger partial charge >= 0.3 is 0 Å². The van der Waals surface area contributed by atoms with Gasteiger partial charge in [0.15, 0.2) is 11.5 Å². The molecule has 1 fully saturated rings. The van der Waals surface area contributed by atoms with Gasteiger partial charge in [-0.3, -0.25) is 9.48 Å². The molecule has 1 aromatic heterocycles. The lowest BCUT2D eigenvalue weighted by Crippen LogP contribution is -2.34. The first kappa shape index (κ1) is 13.2. The van der Waals surface area contributed by atoms with Crippen molar-refractivity contribution in [3.8, 4) is 11.5 Å². The Morgan fingerprint density at radius 1 is 1.27 bits per heavy atom. The summed E-state index contributed by atoms with van der Waals surface area (Å²) in [5, 5.41) is 6.85. The molecular weight excluding hydrogens is 282 g/mol. The van der Waals surface area contributed by atoms with Crippen LogP contribution in [0.3, 0.4) is 0 Å². The Labute approximate surface area is 128 Å². The minimum Gasteiger partial charge on any atom is -0.448 e. The lowest BCUT2D eigenvalue weighted by molar-refractivity contribution is -0.0716. The van der Waals surface area contributed by atoms with E-state index in [1.54, 1.807) is 17.9 Å². The van der Waals surface area contributed by atoms with E-state index < -0.39 is 5.79 Å². The number of rotatable bonds is 2. The molecule has 1 saturated carbocycles. The number of nitrogens with one attached hydrogen (secondary N) is 1. The highest BCUT2D eigenvalue weighted by molar-refractivity contribution is 6.04. The average molecular weight is 299 g/mol. The number of carbonyl (C=O) groups is 1. The molecule has 0 unspecified atom stereocenters. The molecule has 1 N–H and O–H groups in total. The molecule has 22 heavy (non-hydrogen) atoms. The van der Waals surface area contributed by atoms with E-state index in [2.05, 4.69) is 10.4 Å². The molecule has 1 aromatic carbocycles. The number of aryl methyl sites for hydroxylation is 1. The summed E-state index contributed by atoms with van der Waals surface area (Å²) >= 11 is 0. The van der Waals surface area contributed by atoms with E-state index in [9.17, 15) is 4.79 Å². The fourth-order valence-corrected chi connectivity index (χ4v) is 3.03. The van der Waals surface area contributed by atoms with Gasteiger partial charge in [0, 0.05) is 37.8 Å². The summed E-state index contributed by atoms with van der Waals surface area (Å²) < 4.78 is 13.5. The van der Waals surface area contributed by atoms with Crippen molar-refractivity contribution in [2.75, 3.05) is 5.32 Å². The highest BCUT2D eigenvalue weighted by Gasteiger charge is 2.44. The van der Waals surface area contributed by atoms with Gasteiger partial charge in [0.25, 0.3) is 11.7 Å². The molecule has 1 amide bonds. The van der Waals surface area contributed by atoms with Gasteiger partial charge in [0.05, 0.1) is 11.8 Å². The van der Waals surface area contributed by atoms with Crippen LogP contribution < -0.4 is 14.8 Å². The van der Waals surface area contributed by atoms with Crippen molar-refractivity contribution >= 4 is 11.6 Å². The third-order valence-corrected chi connectivity index (χ3v) is 4.13. The number of ether oxygens (including phenoxy) is 2. The topological polar surface area (TPSA) is 65.4 Å². The molecule has 2 heterocycles. The van der Waals surface area contributed by atoms with Gasteiger partial charge < -0.3 is 14.8 Å². The molecule has 6 heteroatoms. The second-order valence-corrected chi connectivity index (χ2v) is 5.84. The molecule has 1 aliphatic heterocycles. The van der Waals surface area contributed by atoms with Crippen molar-refractivity contribution in [1.82, 2.24) is 9.78 Å². The lowest BCUT2D eigenvalue weighted by atomic mass is 10.2. The number of fused-ring (bicyclic) bond motifs is 1. The smallest absolute Gasteiger partial charge is 0.258 e. The maximum absolute atomic E-state index is 12.1.